The number of carbonyl (C=O) groups is 1. The van der Waals surface area contributed by atoms with Crippen molar-refractivity contribution in [3.8, 4) is 16.9 Å². The average molecular weight is 393 g/mol. The lowest BCUT2D eigenvalue weighted by Gasteiger charge is -2.27. The summed E-state index contributed by atoms with van der Waals surface area (Å²) in [5, 5.41) is 0. The Morgan fingerprint density at radius 2 is 1.48 bits per heavy atom. The molecule has 2 heteroatoms. The SMILES string of the molecule is CCCCCCCOc1ccc(-c2ccc(C3CCC(CC)CC3=O)cc2)cc1. The van der Waals surface area contributed by atoms with E-state index in [-0.39, 0.29) is 5.92 Å². The molecule has 0 radical (unpaired) electrons. The van der Waals surface area contributed by atoms with Crippen molar-refractivity contribution in [1.82, 2.24) is 0 Å². The van der Waals surface area contributed by atoms with Crippen molar-refractivity contribution in [3.05, 3.63) is 54.1 Å². The minimum absolute atomic E-state index is 0.0972. The van der Waals surface area contributed by atoms with Gasteiger partial charge < -0.3 is 4.74 Å². The molecule has 2 unspecified atom stereocenters. The van der Waals surface area contributed by atoms with Gasteiger partial charge in [0.25, 0.3) is 0 Å². The third-order valence-electron chi connectivity index (χ3n) is 6.34. The molecule has 1 fully saturated rings. The zero-order chi connectivity index (χ0) is 20.5. The van der Waals surface area contributed by atoms with Crippen molar-refractivity contribution in [2.24, 2.45) is 5.92 Å². The molecule has 2 nitrogen and oxygen atoms in total. The molecule has 2 atom stereocenters. The van der Waals surface area contributed by atoms with Crippen LogP contribution < -0.4 is 4.74 Å². The average Bonchev–Trinajstić information content (AvgIpc) is 2.77. The van der Waals surface area contributed by atoms with Crippen LogP contribution >= 0.6 is 0 Å². The highest BCUT2D eigenvalue weighted by Crippen LogP contribution is 2.35. The van der Waals surface area contributed by atoms with Crippen molar-refractivity contribution >= 4 is 5.78 Å². The lowest BCUT2D eigenvalue weighted by atomic mass is 9.77. The first-order valence-corrected chi connectivity index (χ1v) is 11.6. The molecule has 29 heavy (non-hydrogen) atoms. The molecule has 1 aliphatic rings. The zero-order valence-electron chi connectivity index (χ0n) is 18.2. The number of unbranched alkanes of at least 4 members (excludes halogenated alkanes) is 4. The Balaban J connectivity index is 1.53. The van der Waals surface area contributed by atoms with Gasteiger partial charge in [-0.15, -0.1) is 0 Å². The summed E-state index contributed by atoms with van der Waals surface area (Å²) in [4.78, 5) is 12.5. The number of hydrogen-bond acceptors (Lipinski definition) is 2. The first kappa shape index (κ1) is 21.6. The van der Waals surface area contributed by atoms with Crippen LogP contribution in [0.5, 0.6) is 5.75 Å². The van der Waals surface area contributed by atoms with Crippen molar-refractivity contribution in [2.45, 2.75) is 77.6 Å². The minimum atomic E-state index is 0.0972. The fourth-order valence-corrected chi connectivity index (χ4v) is 4.34. The summed E-state index contributed by atoms with van der Waals surface area (Å²) in [6.45, 7) is 5.23. The Labute approximate surface area is 176 Å². The second-order valence-corrected chi connectivity index (χ2v) is 8.48. The highest BCUT2D eigenvalue weighted by Gasteiger charge is 2.28. The molecule has 0 aliphatic heterocycles. The Morgan fingerprint density at radius 1 is 0.828 bits per heavy atom. The topological polar surface area (TPSA) is 26.3 Å². The molecule has 156 valence electrons. The minimum Gasteiger partial charge on any atom is -0.494 e. The van der Waals surface area contributed by atoms with Crippen LogP contribution in [0, 0.1) is 5.92 Å². The largest absolute Gasteiger partial charge is 0.494 e. The lowest BCUT2D eigenvalue weighted by Crippen LogP contribution is -2.23. The van der Waals surface area contributed by atoms with E-state index in [0.29, 0.717) is 11.7 Å². The van der Waals surface area contributed by atoms with Crippen LogP contribution in [-0.2, 0) is 4.79 Å². The summed E-state index contributed by atoms with van der Waals surface area (Å²) >= 11 is 0. The van der Waals surface area contributed by atoms with Gasteiger partial charge in [-0.25, -0.2) is 0 Å². The van der Waals surface area contributed by atoms with E-state index in [0.717, 1.165) is 38.0 Å². The Kier molecular flexibility index (Phi) is 8.34. The molecule has 0 N–H and O–H groups in total. The summed E-state index contributed by atoms with van der Waals surface area (Å²) in [6, 6.07) is 17.0. The Morgan fingerprint density at radius 3 is 2.10 bits per heavy atom. The number of ether oxygens (including phenoxy) is 1. The quantitative estimate of drug-likeness (QED) is 0.390. The van der Waals surface area contributed by atoms with E-state index >= 15 is 0 Å². The molecule has 3 rings (SSSR count). The second kappa shape index (κ2) is 11.2. The van der Waals surface area contributed by atoms with E-state index in [4.69, 9.17) is 4.74 Å². The fourth-order valence-electron chi connectivity index (χ4n) is 4.34. The molecule has 0 saturated heterocycles. The third kappa shape index (κ3) is 6.19. The van der Waals surface area contributed by atoms with Gasteiger partial charge in [0.1, 0.15) is 11.5 Å². The van der Waals surface area contributed by atoms with Crippen LogP contribution in [0.3, 0.4) is 0 Å². The van der Waals surface area contributed by atoms with Crippen LogP contribution in [0.2, 0.25) is 0 Å². The normalized spacial score (nSPS) is 19.3. The molecule has 0 bridgehead atoms. The highest BCUT2D eigenvalue weighted by atomic mass is 16.5. The summed E-state index contributed by atoms with van der Waals surface area (Å²) in [6.07, 6.45) is 10.3. The van der Waals surface area contributed by atoms with E-state index in [1.165, 1.54) is 48.8 Å². The van der Waals surface area contributed by atoms with Gasteiger partial charge in [-0.05, 0) is 54.0 Å². The maximum Gasteiger partial charge on any atom is 0.140 e. The number of carbonyl (C=O) groups excluding carboxylic acids is 1. The first-order valence-electron chi connectivity index (χ1n) is 11.6. The van der Waals surface area contributed by atoms with E-state index < -0.39 is 0 Å². The molecule has 0 spiro atoms. The number of hydrogen-bond donors (Lipinski definition) is 0. The summed E-state index contributed by atoms with van der Waals surface area (Å²) in [7, 11) is 0. The van der Waals surface area contributed by atoms with Crippen LogP contribution in [0.15, 0.2) is 48.5 Å². The van der Waals surface area contributed by atoms with Crippen molar-refractivity contribution < 1.29 is 9.53 Å². The number of rotatable bonds is 10. The Hall–Kier alpha value is -2.09. The fraction of sp³-hybridized carbons (Fsp3) is 0.519. The predicted molar refractivity (Wildman–Crippen MR) is 122 cm³/mol. The van der Waals surface area contributed by atoms with Crippen molar-refractivity contribution in [1.29, 1.82) is 0 Å². The number of benzene rings is 2. The third-order valence-corrected chi connectivity index (χ3v) is 6.34. The van der Waals surface area contributed by atoms with Gasteiger partial charge in [0.05, 0.1) is 6.61 Å². The van der Waals surface area contributed by atoms with Gasteiger partial charge in [0.2, 0.25) is 0 Å². The van der Waals surface area contributed by atoms with E-state index in [2.05, 4.69) is 62.4 Å². The van der Waals surface area contributed by atoms with Crippen LogP contribution in [0.25, 0.3) is 11.1 Å². The van der Waals surface area contributed by atoms with E-state index in [9.17, 15) is 4.79 Å². The maximum atomic E-state index is 12.5. The van der Waals surface area contributed by atoms with Crippen LogP contribution in [0.4, 0.5) is 0 Å². The van der Waals surface area contributed by atoms with Crippen LogP contribution in [0.1, 0.15) is 83.1 Å². The second-order valence-electron chi connectivity index (χ2n) is 8.48. The molecular weight excluding hydrogens is 356 g/mol. The van der Waals surface area contributed by atoms with Gasteiger partial charge in [-0.3, -0.25) is 4.79 Å². The van der Waals surface area contributed by atoms with Gasteiger partial charge in [-0.1, -0.05) is 82.3 Å². The van der Waals surface area contributed by atoms with Gasteiger partial charge >= 0.3 is 0 Å². The lowest BCUT2D eigenvalue weighted by molar-refractivity contribution is -0.123. The molecule has 0 amide bonds. The zero-order valence-corrected chi connectivity index (χ0v) is 18.2. The summed E-state index contributed by atoms with van der Waals surface area (Å²) in [5.74, 6) is 2.06. The number of ketones is 1. The molecule has 1 saturated carbocycles. The van der Waals surface area contributed by atoms with E-state index in [1.54, 1.807) is 0 Å². The smallest absolute Gasteiger partial charge is 0.140 e. The molecule has 1 aliphatic carbocycles. The molecule has 0 heterocycles. The molecular formula is C27H36O2. The van der Waals surface area contributed by atoms with E-state index in [1.807, 2.05) is 0 Å². The molecule has 2 aromatic carbocycles. The molecule has 2 aromatic rings. The molecule has 0 aromatic heterocycles. The van der Waals surface area contributed by atoms with Gasteiger partial charge in [0.15, 0.2) is 0 Å². The highest BCUT2D eigenvalue weighted by molar-refractivity contribution is 5.86. The Bertz CT molecular complexity index is 745. The number of Topliss-reactive ketones (excluding diaryl/α,β-unsaturated/α-hetero) is 1. The summed E-state index contributed by atoms with van der Waals surface area (Å²) in [5.41, 5.74) is 3.55. The standard InChI is InChI=1S/C27H36O2/c1-3-5-6-7-8-19-29-25-16-14-23(15-17-25)22-10-12-24(13-11-22)26-18-9-21(4-2)20-27(26)28/h10-17,21,26H,3-9,18-20H2,1-2H3. The monoisotopic (exact) mass is 392 g/mol. The maximum absolute atomic E-state index is 12.5. The predicted octanol–water partition coefficient (Wildman–Crippen LogP) is 7.57. The van der Waals surface area contributed by atoms with Crippen molar-refractivity contribution in [2.75, 3.05) is 6.61 Å². The summed E-state index contributed by atoms with van der Waals surface area (Å²) < 4.78 is 5.87. The van der Waals surface area contributed by atoms with Gasteiger partial charge in [0, 0.05) is 12.3 Å². The van der Waals surface area contributed by atoms with Crippen molar-refractivity contribution in [3.63, 3.8) is 0 Å². The first-order chi connectivity index (χ1) is 14.2. The van der Waals surface area contributed by atoms with Crippen LogP contribution in [-0.4, -0.2) is 12.4 Å². The van der Waals surface area contributed by atoms with Gasteiger partial charge in [-0.2, -0.15) is 0 Å².